The summed E-state index contributed by atoms with van der Waals surface area (Å²) in [5.74, 6) is 0.673. The summed E-state index contributed by atoms with van der Waals surface area (Å²) in [5, 5.41) is 4.42. The number of para-hydroxylation sites is 1. The predicted octanol–water partition coefficient (Wildman–Crippen LogP) is 4.08. The average Bonchev–Trinajstić information content (AvgIpc) is 3.45. The molecule has 1 atom stereocenters. The zero-order valence-corrected chi connectivity index (χ0v) is 19.4. The number of likely N-dealkylation sites (N-methyl/N-ethyl adjacent to an activating group) is 1. The Morgan fingerprint density at radius 2 is 1.97 bits per heavy atom. The van der Waals surface area contributed by atoms with Crippen LogP contribution in [0.3, 0.4) is 0 Å². The SMILES string of the molecule is CCN1CCN(c2ncc(C(=O)NC(CCC(C)C)Cc3c[nH]c4ccccc34)o2)CC1. The normalized spacial score (nSPS) is 16.1. The van der Waals surface area contributed by atoms with Crippen molar-refractivity contribution in [2.75, 3.05) is 37.6 Å². The summed E-state index contributed by atoms with van der Waals surface area (Å²) in [5.41, 5.74) is 2.35. The molecule has 1 amide bonds. The highest BCUT2D eigenvalue weighted by atomic mass is 16.4. The Balaban J connectivity index is 1.42. The summed E-state index contributed by atoms with van der Waals surface area (Å²) in [6.45, 7) is 11.4. The van der Waals surface area contributed by atoms with E-state index in [2.05, 4.69) is 70.3 Å². The molecular weight excluding hydrogens is 402 g/mol. The average molecular weight is 438 g/mol. The van der Waals surface area contributed by atoms with Crippen molar-refractivity contribution >= 4 is 22.8 Å². The van der Waals surface area contributed by atoms with Crippen LogP contribution in [0.1, 0.15) is 49.7 Å². The zero-order chi connectivity index (χ0) is 22.5. The number of amides is 1. The molecule has 1 aromatic carbocycles. The molecular formula is C25H35N5O2. The first-order chi connectivity index (χ1) is 15.5. The number of aromatic amines is 1. The fourth-order valence-electron chi connectivity index (χ4n) is 4.35. The number of nitrogens with zero attached hydrogens (tertiary/aromatic N) is 3. The first kappa shape index (κ1) is 22.4. The smallest absolute Gasteiger partial charge is 0.298 e. The van der Waals surface area contributed by atoms with Gasteiger partial charge in [0.15, 0.2) is 0 Å². The van der Waals surface area contributed by atoms with Crippen LogP contribution in [0, 0.1) is 5.92 Å². The maximum atomic E-state index is 13.0. The molecule has 3 heterocycles. The third kappa shape index (κ3) is 5.33. The van der Waals surface area contributed by atoms with Crippen molar-refractivity contribution in [3.8, 4) is 0 Å². The van der Waals surface area contributed by atoms with Gasteiger partial charge in [0.1, 0.15) is 0 Å². The highest BCUT2D eigenvalue weighted by Crippen LogP contribution is 2.22. The Bertz CT molecular complexity index is 1020. The molecule has 1 unspecified atom stereocenters. The minimum atomic E-state index is -0.190. The van der Waals surface area contributed by atoms with Gasteiger partial charge in [-0.25, -0.2) is 4.98 Å². The lowest BCUT2D eigenvalue weighted by Crippen LogP contribution is -2.46. The predicted molar refractivity (Wildman–Crippen MR) is 128 cm³/mol. The number of hydrogen-bond acceptors (Lipinski definition) is 5. The number of benzene rings is 1. The monoisotopic (exact) mass is 437 g/mol. The molecule has 0 radical (unpaired) electrons. The number of aromatic nitrogens is 2. The molecule has 0 aliphatic carbocycles. The molecule has 1 fully saturated rings. The molecule has 1 aliphatic heterocycles. The summed E-state index contributed by atoms with van der Waals surface area (Å²) >= 11 is 0. The van der Waals surface area contributed by atoms with Crippen LogP contribution in [0.5, 0.6) is 0 Å². The molecule has 32 heavy (non-hydrogen) atoms. The van der Waals surface area contributed by atoms with Gasteiger partial charge in [-0.15, -0.1) is 0 Å². The number of fused-ring (bicyclic) bond motifs is 1. The summed E-state index contributed by atoms with van der Waals surface area (Å²) in [6.07, 6.45) is 6.37. The minimum Gasteiger partial charge on any atom is -0.418 e. The number of hydrogen-bond donors (Lipinski definition) is 2. The van der Waals surface area contributed by atoms with Crippen LogP contribution >= 0.6 is 0 Å². The standard InChI is InChI=1S/C25H35N5O2/c1-4-29-11-13-30(14-12-29)25-27-17-23(32-25)24(31)28-20(10-9-18(2)3)15-19-16-26-22-8-6-5-7-21(19)22/h5-8,16-18,20,26H,4,9-15H2,1-3H3,(H,28,31). The number of carbonyl (C=O) groups is 1. The lowest BCUT2D eigenvalue weighted by atomic mass is 9.97. The fourth-order valence-corrected chi connectivity index (χ4v) is 4.35. The Labute approximate surface area is 190 Å². The number of nitrogens with one attached hydrogen (secondary N) is 2. The Hall–Kier alpha value is -2.80. The van der Waals surface area contributed by atoms with E-state index in [4.69, 9.17) is 4.42 Å². The van der Waals surface area contributed by atoms with Crippen molar-refractivity contribution in [2.24, 2.45) is 5.92 Å². The van der Waals surface area contributed by atoms with Crippen LogP contribution in [0.4, 0.5) is 6.01 Å². The van der Waals surface area contributed by atoms with Crippen molar-refractivity contribution in [3.05, 3.63) is 48.0 Å². The molecule has 0 saturated carbocycles. The van der Waals surface area contributed by atoms with Crippen LogP contribution in [-0.2, 0) is 6.42 Å². The van der Waals surface area contributed by atoms with Crippen LogP contribution < -0.4 is 10.2 Å². The second kappa shape index (κ2) is 10.2. The number of carbonyl (C=O) groups excluding carboxylic acids is 1. The van der Waals surface area contributed by atoms with Gasteiger partial charge in [0.05, 0.1) is 6.20 Å². The number of anilines is 1. The molecule has 3 aromatic rings. The van der Waals surface area contributed by atoms with Gasteiger partial charge in [-0.05, 0) is 43.4 Å². The van der Waals surface area contributed by atoms with E-state index in [1.165, 1.54) is 10.9 Å². The molecule has 0 bridgehead atoms. The van der Waals surface area contributed by atoms with Gasteiger partial charge in [0, 0.05) is 49.3 Å². The van der Waals surface area contributed by atoms with Crippen LogP contribution in [0.15, 0.2) is 41.1 Å². The molecule has 0 spiro atoms. The molecule has 7 nitrogen and oxygen atoms in total. The first-order valence-corrected chi connectivity index (χ1v) is 11.8. The number of rotatable bonds is 9. The van der Waals surface area contributed by atoms with Gasteiger partial charge >= 0.3 is 0 Å². The van der Waals surface area contributed by atoms with Crippen molar-refractivity contribution < 1.29 is 9.21 Å². The number of H-pyrrole nitrogens is 1. The maximum Gasteiger partial charge on any atom is 0.298 e. The topological polar surface area (TPSA) is 77.4 Å². The molecule has 172 valence electrons. The number of piperazine rings is 1. The molecule has 2 N–H and O–H groups in total. The van der Waals surface area contributed by atoms with Gasteiger partial charge in [-0.1, -0.05) is 39.0 Å². The molecule has 1 aliphatic rings. The van der Waals surface area contributed by atoms with E-state index in [-0.39, 0.29) is 17.7 Å². The summed E-state index contributed by atoms with van der Waals surface area (Å²) in [6, 6.07) is 8.87. The molecule has 1 saturated heterocycles. The maximum absolute atomic E-state index is 13.0. The van der Waals surface area contributed by atoms with Gasteiger partial charge in [0.2, 0.25) is 5.76 Å². The lowest BCUT2D eigenvalue weighted by Gasteiger charge is -2.32. The second-order valence-electron chi connectivity index (χ2n) is 9.13. The molecule has 2 aromatic heterocycles. The van der Waals surface area contributed by atoms with Crippen molar-refractivity contribution in [1.29, 1.82) is 0 Å². The van der Waals surface area contributed by atoms with Crippen LogP contribution in [0.25, 0.3) is 10.9 Å². The fraction of sp³-hybridized carbons (Fsp3) is 0.520. The van der Waals surface area contributed by atoms with E-state index in [1.54, 1.807) is 6.20 Å². The van der Waals surface area contributed by atoms with E-state index < -0.39 is 0 Å². The van der Waals surface area contributed by atoms with E-state index in [9.17, 15) is 4.79 Å². The van der Waals surface area contributed by atoms with Crippen molar-refractivity contribution in [1.82, 2.24) is 20.2 Å². The van der Waals surface area contributed by atoms with E-state index in [0.717, 1.165) is 57.5 Å². The molecule has 7 heteroatoms. The third-order valence-electron chi connectivity index (χ3n) is 6.38. The van der Waals surface area contributed by atoms with E-state index in [1.807, 2.05) is 6.07 Å². The Morgan fingerprint density at radius 3 is 2.72 bits per heavy atom. The number of oxazole rings is 1. The second-order valence-corrected chi connectivity index (χ2v) is 9.13. The lowest BCUT2D eigenvalue weighted by molar-refractivity contribution is 0.0905. The zero-order valence-electron chi connectivity index (χ0n) is 19.4. The quantitative estimate of drug-likeness (QED) is 0.528. The summed E-state index contributed by atoms with van der Waals surface area (Å²) in [7, 11) is 0. The third-order valence-corrected chi connectivity index (χ3v) is 6.38. The highest BCUT2D eigenvalue weighted by molar-refractivity contribution is 5.91. The van der Waals surface area contributed by atoms with Crippen LogP contribution in [-0.4, -0.2) is 59.5 Å². The van der Waals surface area contributed by atoms with Gasteiger partial charge in [0.25, 0.3) is 11.9 Å². The van der Waals surface area contributed by atoms with Gasteiger partial charge in [-0.3, -0.25) is 4.79 Å². The summed E-state index contributed by atoms with van der Waals surface area (Å²) in [4.78, 5) is 25.2. The minimum absolute atomic E-state index is 0.0331. The van der Waals surface area contributed by atoms with Gasteiger partial charge in [-0.2, -0.15) is 0 Å². The Kier molecular flexibility index (Phi) is 7.15. The first-order valence-electron chi connectivity index (χ1n) is 11.8. The molecule has 4 rings (SSSR count). The van der Waals surface area contributed by atoms with Crippen molar-refractivity contribution in [2.45, 2.75) is 46.1 Å². The Morgan fingerprint density at radius 1 is 1.19 bits per heavy atom. The van der Waals surface area contributed by atoms with Crippen LogP contribution in [0.2, 0.25) is 0 Å². The highest BCUT2D eigenvalue weighted by Gasteiger charge is 2.23. The summed E-state index contributed by atoms with van der Waals surface area (Å²) < 4.78 is 5.86. The largest absolute Gasteiger partial charge is 0.418 e. The van der Waals surface area contributed by atoms with Crippen molar-refractivity contribution in [3.63, 3.8) is 0 Å². The van der Waals surface area contributed by atoms with E-state index in [0.29, 0.717) is 11.9 Å². The van der Waals surface area contributed by atoms with E-state index >= 15 is 0 Å². The van der Waals surface area contributed by atoms with Gasteiger partial charge < -0.3 is 24.5 Å².